The van der Waals surface area contributed by atoms with E-state index in [1.807, 2.05) is 18.2 Å². The zero-order valence-electron chi connectivity index (χ0n) is 12.0. The lowest BCUT2D eigenvalue weighted by Gasteiger charge is -2.08. The minimum absolute atomic E-state index is 0.482. The van der Waals surface area contributed by atoms with Crippen molar-refractivity contribution in [3.05, 3.63) is 40.4 Å². The van der Waals surface area contributed by atoms with Crippen molar-refractivity contribution >= 4 is 39.9 Å². The van der Waals surface area contributed by atoms with Crippen LogP contribution in [-0.2, 0) is 0 Å². The van der Waals surface area contributed by atoms with Crippen LogP contribution in [0.2, 0.25) is 10.0 Å². The highest BCUT2D eigenvalue weighted by molar-refractivity contribution is 6.42. The smallest absolute Gasteiger partial charge is 0.142 e. The van der Waals surface area contributed by atoms with E-state index in [1.165, 1.54) is 0 Å². The molecule has 3 aromatic rings. The largest absolute Gasteiger partial charge is 0.491 e. The van der Waals surface area contributed by atoms with E-state index >= 15 is 0 Å². The van der Waals surface area contributed by atoms with Gasteiger partial charge in [0.15, 0.2) is 0 Å². The first kappa shape index (κ1) is 15.0. The summed E-state index contributed by atoms with van der Waals surface area (Å²) in [6, 6.07) is 9.11. The number of ether oxygens (including phenoxy) is 1. The van der Waals surface area contributed by atoms with Crippen molar-refractivity contribution in [2.24, 2.45) is 0 Å². The molecule has 0 atom stereocenters. The van der Waals surface area contributed by atoms with Crippen LogP contribution in [0.25, 0.3) is 22.4 Å². The number of nitrogens with zero attached hydrogens (tertiary/aromatic N) is 1. The number of H-pyrrole nitrogens is 1. The van der Waals surface area contributed by atoms with Gasteiger partial charge in [0, 0.05) is 5.56 Å². The van der Waals surface area contributed by atoms with Crippen LogP contribution in [0.1, 0.15) is 13.3 Å². The van der Waals surface area contributed by atoms with Gasteiger partial charge in [-0.3, -0.25) is 0 Å². The summed E-state index contributed by atoms with van der Waals surface area (Å²) in [6.45, 7) is 2.69. The number of anilines is 1. The van der Waals surface area contributed by atoms with Crippen molar-refractivity contribution in [2.75, 3.05) is 12.3 Å². The summed E-state index contributed by atoms with van der Waals surface area (Å²) in [5, 5.41) is 0.974. The van der Waals surface area contributed by atoms with E-state index in [0.717, 1.165) is 23.0 Å². The number of nitrogen functional groups attached to an aromatic ring is 1. The minimum atomic E-state index is 0.482. The molecular formula is C16H15Cl2N3O. The fourth-order valence-electron chi connectivity index (χ4n) is 2.18. The lowest BCUT2D eigenvalue weighted by molar-refractivity contribution is 0.319. The molecule has 22 heavy (non-hydrogen) atoms. The van der Waals surface area contributed by atoms with Gasteiger partial charge in [-0.05, 0) is 36.8 Å². The zero-order chi connectivity index (χ0) is 15.7. The van der Waals surface area contributed by atoms with E-state index in [0.29, 0.717) is 33.9 Å². The molecule has 0 saturated carbocycles. The molecule has 114 valence electrons. The Morgan fingerprint density at radius 2 is 1.95 bits per heavy atom. The Balaban J connectivity index is 1.98. The third kappa shape index (κ3) is 2.85. The van der Waals surface area contributed by atoms with E-state index in [2.05, 4.69) is 16.9 Å². The third-order valence-electron chi connectivity index (χ3n) is 3.27. The van der Waals surface area contributed by atoms with Gasteiger partial charge in [-0.25, -0.2) is 4.98 Å². The highest BCUT2D eigenvalue weighted by Gasteiger charge is 2.10. The van der Waals surface area contributed by atoms with Crippen LogP contribution in [0.5, 0.6) is 5.75 Å². The Morgan fingerprint density at radius 3 is 2.68 bits per heavy atom. The molecule has 0 unspecified atom stereocenters. The number of fused-ring (bicyclic) bond motifs is 1. The predicted octanol–water partition coefficient (Wildman–Crippen LogP) is 4.91. The first-order valence-electron chi connectivity index (χ1n) is 6.96. The highest BCUT2D eigenvalue weighted by atomic mass is 35.5. The second-order valence-corrected chi connectivity index (χ2v) is 5.78. The molecule has 0 amide bonds. The number of hydrogen-bond donors (Lipinski definition) is 2. The molecule has 3 rings (SSSR count). The van der Waals surface area contributed by atoms with Crippen LogP contribution in [0.4, 0.5) is 5.69 Å². The molecule has 1 aromatic heterocycles. The number of nitrogens with two attached hydrogens (primary N) is 1. The summed E-state index contributed by atoms with van der Waals surface area (Å²) in [4.78, 5) is 7.74. The maximum atomic E-state index is 6.03. The SMILES string of the molecule is CCCOc1ccc(-c2nc3cc(Cl)c(Cl)cc3[nH]2)cc1N. The molecule has 0 bridgehead atoms. The second kappa shape index (κ2) is 6.07. The van der Waals surface area contributed by atoms with Crippen LogP contribution >= 0.6 is 23.2 Å². The van der Waals surface area contributed by atoms with Gasteiger partial charge in [0.25, 0.3) is 0 Å². The summed E-state index contributed by atoms with van der Waals surface area (Å²) in [5.41, 5.74) is 9.08. The molecule has 1 heterocycles. The second-order valence-electron chi connectivity index (χ2n) is 4.97. The van der Waals surface area contributed by atoms with Gasteiger partial charge >= 0.3 is 0 Å². The maximum Gasteiger partial charge on any atom is 0.142 e. The van der Waals surface area contributed by atoms with E-state index in [9.17, 15) is 0 Å². The molecule has 0 fully saturated rings. The molecule has 0 radical (unpaired) electrons. The molecule has 0 aliphatic heterocycles. The number of benzene rings is 2. The minimum Gasteiger partial charge on any atom is -0.491 e. The molecule has 4 nitrogen and oxygen atoms in total. The van der Waals surface area contributed by atoms with Crippen molar-refractivity contribution < 1.29 is 4.74 Å². The van der Waals surface area contributed by atoms with E-state index in [-0.39, 0.29) is 0 Å². The van der Waals surface area contributed by atoms with Gasteiger partial charge in [-0.2, -0.15) is 0 Å². The number of nitrogens with one attached hydrogen (secondary N) is 1. The van der Waals surface area contributed by atoms with Crippen molar-refractivity contribution in [1.29, 1.82) is 0 Å². The van der Waals surface area contributed by atoms with Gasteiger partial charge in [-0.15, -0.1) is 0 Å². The highest BCUT2D eigenvalue weighted by Crippen LogP contribution is 2.31. The topological polar surface area (TPSA) is 63.9 Å². The first-order valence-corrected chi connectivity index (χ1v) is 7.71. The summed E-state index contributed by atoms with van der Waals surface area (Å²) >= 11 is 12.0. The fourth-order valence-corrected chi connectivity index (χ4v) is 2.50. The van der Waals surface area contributed by atoms with Gasteiger partial charge in [0.2, 0.25) is 0 Å². The number of halogens is 2. The van der Waals surface area contributed by atoms with E-state index in [1.54, 1.807) is 12.1 Å². The lowest BCUT2D eigenvalue weighted by atomic mass is 10.2. The first-order chi connectivity index (χ1) is 10.6. The quantitative estimate of drug-likeness (QED) is 0.666. The zero-order valence-corrected chi connectivity index (χ0v) is 13.5. The standard InChI is InChI=1S/C16H15Cl2N3O/c1-2-5-22-15-4-3-9(6-12(15)19)16-20-13-7-10(17)11(18)8-14(13)21-16/h3-4,6-8H,2,5,19H2,1H3,(H,20,21). The number of rotatable bonds is 4. The lowest BCUT2D eigenvalue weighted by Crippen LogP contribution is -1.99. The Kier molecular flexibility index (Phi) is 4.14. The van der Waals surface area contributed by atoms with Crippen molar-refractivity contribution in [2.45, 2.75) is 13.3 Å². The average molecular weight is 336 g/mol. The summed E-state index contributed by atoms with van der Waals surface area (Å²) in [7, 11) is 0. The third-order valence-corrected chi connectivity index (χ3v) is 3.99. The van der Waals surface area contributed by atoms with Crippen LogP contribution in [0.15, 0.2) is 30.3 Å². The van der Waals surface area contributed by atoms with Gasteiger partial charge in [-0.1, -0.05) is 30.1 Å². The molecule has 0 aliphatic carbocycles. The van der Waals surface area contributed by atoms with E-state index in [4.69, 9.17) is 33.7 Å². The molecule has 2 aromatic carbocycles. The van der Waals surface area contributed by atoms with Gasteiger partial charge < -0.3 is 15.5 Å². The monoisotopic (exact) mass is 335 g/mol. The van der Waals surface area contributed by atoms with Crippen LogP contribution in [0, 0.1) is 0 Å². The Bertz CT molecular complexity index is 791. The van der Waals surface area contributed by atoms with Gasteiger partial charge in [0.05, 0.1) is 33.4 Å². The number of aromatic nitrogens is 2. The molecule has 3 N–H and O–H groups in total. The summed E-state index contributed by atoms with van der Waals surface area (Å²) in [6.07, 6.45) is 0.937. The molecular weight excluding hydrogens is 321 g/mol. The van der Waals surface area contributed by atoms with Crippen molar-refractivity contribution in [3.63, 3.8) is 0 Å². The number of imidazole rings is 1. The average Bonchev–Trinajstić information content (AvgIpc) is 2.89. The molecule has 0 spiro atoms. The number of hydrogen-bond acceptors (Lipinski definition) is 3. The molecule has 6 heteroatoms. The summed E-state index contributed by atoms with van der Waals surface area (Å²) in [5.74, 6) is 1.40. The van der Waals surface area contributed by atoms with E-state index < -0.39 is 0 Å². The Hall–Kier alpha value is -1.91. The van der Waals surface area contributed by atoms with Crippen LogP contribution in [-0.4, -0.2) is 16.6 Å². The van der Waals surface area contributed by atoms with Crippen LogP contribution < -0.4 is 10.5 Å². The molecule has 0 saturated heterocycles. The summed E-state index contributed by atoms with van der Waals surface area (Å²) < 4.78 is 5.58. The Labute approximate surface area is 138 Å². The Morgan fingerprint density at radius 1 is 1.18 bits per heavy atom. The number of aromatic amines is 1. The van der Waals surface area contributed by atoms with Gasteiger partial charge in [0.1, 0.15) is 11.6 Å². The van der Waals surface area contributed by atoms with Crippen molar-refractivity contribution in [3.8, 4) is 17.1 Å². The fraction of sp³-hybridized carbons (Fsp3) is 0.188. The van der Waals surface area contributed by atoms with Crippen LogP contribution in [0.3, 0.4) is 0 Å². The maximum absolute atomic E-state index is 6.03. The van der Waals surface area contributed by atoms with Crippen molar-refractivity contribution in [1.82, 2.24) is 9.97 Å². The molecule has 0 aliphatic rings. The normalized spacial score (nSPS) is 11.0. The predicted molar refractivity (Wildman–Crippen MR) is 91.7 cm³/mol.